The van der Waals surface area contributed by atoms with Crippen LogP contribution in [-0.2, 0) is 0 Å². The first-order chi connectivity index (χ1) is 13.7. The minimum atomic E-state index is -0.349. The molecule has 144 valence electrons. The zero-order valence-corrected chi connectivity index (χ0v) is 15.7. The lowest BCUT2D eigenvalue weighted by Gasteiger charge is -2.10. The van der Waals surface area contributed by atoms with Crippen molar-refractivity contribution in [3.63, 3.8) is 0 Å². The molecular weight excluding hydrogens is 358 g/mol. The molecule has 0 bridgehead atoms. The van der Waals surface area contributed by atoms with Gasteiger partial charge in [0.1, 0.15) is 0 Å². The highest BCUT2D eigenvalue weighted by atomic mass is 16.5. The van der Waals surface area contributed by atoms with Crippen LogP contribution >= 0.6 is 0 Å². The summed E-state index contributed by atoms with van der Waals surface area (Å²) in [6, 6.07) is 14.6. The number of anilines is 1. The van der Waals surface area contributed by atoms with Crippen molar-refractivity contribution in [2.45, 2.75) is 13.3 Å². The van der Waals surface area contributed by atoms with Crippen molar-refractivity contribution < 1.29 is 9.47 Å². The van der Waals surface area contributed by atoms with E-state index >= 15 is 0 Å². The minimum Gasteiger partial charge on any atom is -0.493 e. The van der Waals surface area contributed by atoms with E-state index in [4.69, 9.17) is 9.47 Å². The van der Waals surface area contributed by atoms with Gasteiger partial charge in [-0.2, -0.15) is 5.10 Å². The number of hydrogen-bond acceptors (Lipinski definition) is 7. The van der Waals surface area contributed by atoms with Gasteiger partial charge in [-0.15, -0.1) is 10.2 Å². The standard InChI is InChI=1S/C20H21N5O3/c1-3-11-28-17-12-14(9-10-16(17)27-2)13-21-24-20-22-19(26)18(23-25-20)15-7-5-4-6-8-15/h4-10,12-13H,3,11H2,1-2H3,(H2,22,24,25,26)/b21-13+. The lowest BCUT2D eigenvalue weighted by Crippen LogP contribution is -2.15. The molecule has 3 rings (SSSR count). The third-order valence-corrected chi connectivity index (χ3v) is 3.78. The first kappa shape index (κ1) is 19.1. The summed E-state index contributed by atoms with van der Waals surface area (Å²) >= 11 is 0. The molecule has 2 N–H and O–H groups in total. The Kier molecular flexibility index (Phi) is 6.35. The van der Waals surface area contributed by atoms with Gasteiger partial charge in [0.2, 0.25) is 5.95 Å². The number of nitrogens with zero attached hydrogens (tertiary/aromatic N) is 3. The molecule has 2 aromatic carbocycles. The van der Waals surface area contributed by atoms with Crippen LogP contribution in [0.1, 0.15) is 18.9 Å². The van der Waals surface area contributed by atoms with Crippen molar-refractivity contribution in [1.82, 2.24) is 15.2 Å². The Bertz CT molecular complexity index is 1000. The van der Waals surface area contributed by atoms with E-state index in [0.29, 0.717) is 23.7 Å². The van der Waals surface area contributed by atoms with Crippen molar-refractivity contribution in [2.24, 2.45) is 5.10 Å². The van der Waals surface area contributed by atoms with Crippen LogP contribution in [-0.4, -0.2) is 35.1 Å². The van der Waals surface area contributed by atoms with E-state index in [2.05, 4.69) is 25.7 Å². The fourth-order valence-corrected chi connectivity index (χ4v) is 2.44. The van der Waals surface area contributed by atoms with Crippen LogP contribution in [0.5, 0.6) is 11.5 Å². The highest BCUT2D eigenvalue weighted by Crippen LogP contribution is 2.27. The number of nitrogens with one attached hydrogen (secondary N) is 2. The topological polar surface area (TPSA) is 101 Å². The maximum atomic E-state index is 12.2. The van der Waals surface area contributed by atoms with Crippen LogP contribution in [0.4, 0.5) is 5.95 Å². The fraction of sp³-hybridized carbons (Fsp3) is 0.200. The Hall–Kier alpha value is -3.68. The molecule has 0 radical (unpaired) electrons. The van der Waals surface area contributed by atoms with Gasteiger partial charge in [-0.1, -0.05) is 37.3 Å². The monoisotopic (exact) mass is 379 g/mol. The molecule has 8 nitrogen and oxygen atoms in total. The Labute approximate surface area is 162 Å². The van der Waals surface area contributed by atoms with E-state index in [0.717, 1.165) is 12.0 Å². The number of hydrogen-bond donors (Lipinski definition) is 2. The van der Waals surface area contributed by atoms with Crippen LogP contribution in [0.25, 0.3) is 11.3 Å². The van der Waals surface area contributed by atoms with E-state index in [-0.39, 0.29) is 17.2 Å². The highest BCUT2D eigenvalue weighted by molar-refractivity contribution is 5.81. The quantitative estimate of drug-likeness (QED) is 0.461. The van der Waals surface area contributed by atoms with Crippen LogP contribution in [0.15, 0.2) is 58.4 Å². The Morgan fingerprint density at radius 1 is 1.14 bits per heavy atom. The second-order valence-corrected chi connectivity index (χ2v) is 5.85. The Morgan fingerprint density at radius 3 is 2.68 bits per heavy atom. The highest BCUT2D eigenvalue weighted by Gasteiger charge is 2.07. The van der Waals surface area contributed by atoms with Gasteiger partial charge in [0.05, 0.1) is 19.9 Å². The summed E-state index contributed by atoms with van der Waals surface area (Å²) in [4.78, 5) is 14.8. The number of hydrazone groups is 1. The molecule has 3 aromatic rings. The molecule has 0 atom stereocenters. The maximum absolute atomic E-state index is 12.2. The van der Waals surface area contributed by atoms with Crippen LogP contribution in [0, 0.1) is 0 Å². The number of methoxy groups -OCH3 is 1. The van der Waals surface area contributed by atoms with Crippen molar-refractivity contribution in [3.05, 3.63) is 64.4 Å². The first-order valence-corrected chi connectivity index (χ1v) is 8.83. The van der Waals surface area contributed by atoms with Gasteiger partial charge in [-0.25, -0.2) is 5.43 Å². The minimum absolute atomic E-state index is 0.150. The van der Waals surface area contributed by atoms with Gasteiger partial charge in [0, 0.05) is 5.56 Å². The summed E-state index contributed by atoms with van der Waals surface area (Å²) in [6.45, 7) is 2.63. The number of ether oxygens (including phenoxy) is 2. The number of aromatic nitrogens is 3. The predicted molar refractivity (Wildman–Crippen MR) is 108 cm³/mol. The molecule has 0 spiro atoms. The van der Waals surface area contributed by atoms with E-state index in [9.17, 15) is 4.79 Å². The van der Waals surface area contributed by atoms with Gasteiger partial charge in [-0.3, -0.25) is 9.78 Å². The summed E-state index contributed by atoms with van der Waals surface area (Å²) in [5.41, 5.74) is 4.08. The fourth-order valence-electron chi connectivity index (χ4n) is 2.44. The van der Waals surface area contributed by atoms with Gasteiger partial charge in [0.15, 0.2) is 17.2 Å². The molecule has 28 heavy (non-hydrogen) atoms. The molecule has 0 saturated carbocycles. The van der Waals surface area contributed by atoms with Gasteiger partial charge in [-0.05, 0) is 30.2 Å². The normalized spacial score (nSPS) is 10.8. The third kappa shape index (κ3) is 4.73. The molecular formula is C20H21N5O3. The van der Waals surface area contributed by atoms with E-state index in [1.165, 1.54) is 0 Å². The molecule has 0 aliphatic carbocycles. The summed E-state index contributed by atoms with van der Waals surface area (Å²) in [5.74, 6) is 1.45. The van der Waals surface area contributed by atoms with Gasteiger partial charge < -0.3 is 9.47 Å². The number of aromatic amines is 1. The number of H-pyrrole nitrogens is 1. The summed E-state index contributed by atoms with van der Waals surface area (Å²) in [7, 11) is 1.59. The lowest BCUT2D eigenvalue weighted by molar-refractivity contribution is 0.294. The van der Waals surface area contributed by atoms with Crippen molar-refractivity contribution in [2.75, 3.05) is 19.1 Å². The van der Waals surface area contributed by atoms with Crippen LogP contribution < -0.4 is 20.5 Å². The first-order valence-electron chi connectivity index (χ1n) is 8.83. The maximum Gasteiger partial charge on any atom is 0.279 e. The predicted octanol–water partition coefficient (Wildman–Crippen LogP) is 3.08. The molecule has 0 amide bonds. The molecule has 0 unspecified atom stereocenters. The largest absolute Gasteiger partial charge is 0.493 e. The number of benzene rings is 2. The van der Waals surface area contributed by atoms with Crippen molar-refractivity contribution >= 4 is 12.2 Å². The SMILES string of the molecule is CCCOc1cc(/C=N/Nc2nnc(-c3ccccc3)c(=O)[nH]2)ccc1OC. The molecule has 0 aliphatic rings. The van der Waals surface area contributed by atoms with Crippen molar-refractivity contribution in [3.8, 4) is 22.8 Å². The second kappa shape index (κ2) is 9.31. The van der Waals surface area contributed by atoms with Crippen LogP contribution in [0.3, 0.4) is 0 Å². The molecule has 1 aromatic heterocycles. The molecule has 1 heterocycles. The number of rotatable bonds is 8. The third-order valence-electron chi connectivity index (χ3n) is 3.78. The van der Waals surface area contributed by atoms with Crippen LogP contribution in [0.2, 0.25) is 0 Å². The smallest absolute Gasteiger partial charge is 0.279 e. The Balaban J connectivity index is 1.71. The lowest BCUT2D eigenvalue weighted by atomic mass is 10.2. The van der Waals surface area contributed by atoms with Gasteiger partial charge >= 0.3 is 0 Å². The summed E-state index contributed by atoms with van der Waals surface area (Å²) in [6.07, 6.45) is 2.48. The summed E-state index contributed by atoms with van der Waals surface area (Å²) in [5, 5.41) is 12.0. The zero-order chi connectivity index (χ0) is 19.8. The average molecular weight is 379 g/mol. The van der Waals surface area contributed by atoms with Gasteiger partial charge in [0.25, 0.3) is 5.56 Å². The molecule has 0 fully saturated rings. The van der Waals surface area contributed by atoms with E-state index in [1.54, 1.807) is 25.5 Å². The summed E-state index contributed by atoms with van der Waals surface area (Å²) < 4.78 is 11.0. The Morgan fingerprint density at radius 2 is 1.96 bits per heavy atom. The second-order valence-electron chi connectivity index (χ2n) is 5.85. The van der Waals surface area contributed by atoms with Crippen molar-refractivity contribution in [1.29, 1.82) is 0 Å². The molecule has 8 heteroatoms. The zero-order valence-electron chi connectivity index (χ0n) is 15.7. The van der Waals surface area contributed by atoms with E-state index < -0.39 is 0 Å². The van der Waals surface area contributed by atoms with E-state index in [1.807, 2.05) is 43.3 Å². The average Bonchev–Trinajstić information content (AvgIpc) is 2.73. The molecule has 0 aliphatic heterocycles. The molecule has 0 saturated heterocycles.